The molecule has 0 aliphatic carbocycles. The summed E-state index contributed by atoms with van der Waals surface area (Å²) in [4.78, 5) is 23.5. The van der Waals surface area contributed by atoms with Crippen molar-refractivity contribution in [3.8, 4) is 0 Å². The first-order valence-corrected chi connectivity index (χ1v) is 5.03. The van der Waals surface area contributed by atoms with Gasteiger partial charge in [-0.25, -0.2) is 0 Å². The van der Waals surface area contributed by atoms with Crippen LogP contribution in [0, 0.1) is 0 Å². The molecule has 0 aliphatic rings. The molecule has 0 aromatic rings. The number of methoxy groups -OCH3 is 1. The van der Waals surface area contributed by atoms with Gasteiger partial charge in [0.05, 0.1) is 18.9 Å². The lowest BCUT2D eigenvalue weighted by molar-refractivity contribution is -0.138. The molecule has 0 saturated heterocycles. The Kier molecular flexibility index (Phi) is 6.70. The Morgan fingerprint density at radius 1 is 1.47 bits per heavy atom. The molecule has 0 aliphatic heterocycles. The number of carboxylic acids is 1. The maximum absolute atomic E-state index is 11.6. The first-order chi connectivity index (χ1) is 7.01. The average Bonchev–Trinajstić information content (AvgIpc) is 2.18. The topological polar surface area (TPSA) is 66.8 Å². The highest BCUT2D eigenvalue weighted by Gasteiger charge is 2.15. The molecular weight excluding hydrogens is 198 g/mol. The molecule has 0 fully saturated rings. The van der Waals surface area contributed by atoms with Crippen molar-refractivity contribution in [3.63, 3.8) is 0 Å². The number of amides is 1. The third-order valence-electron chi connectivity index (χ3n) is 2.19. The SMILES string of the molecule is CCN(CCC(=O)O)C(=O)CC(C)OC. The van der Waals surface area contributed by atoms with Crippen LogP contribution in [0.15, 0.2) is 0 Å². The summed E-state index contributed by atoms with van der Waals surface area (Å²) in [6.07, 6.45) is 0.154. The lowest BCUT2D eigenvalue weighted by Gasteiger charge is -2.21. The molecule has 15 heavy (non-hydrogen) atoms. The van der Waals surface area contributed by atoms with Crippen molar-refractivity contribution in [2.75, 3.05) is 20.2 Å². The molecule has 0 bridgehead atoms. The molecule has 1 N–H and O–H groups in total. The number of aliphatic carboxylic acids is 1. The molecular formula is C10H19NO4. The van der Waals surface area contributed by atoms with E-state index >= 15 is 0 Å². The number of rotatable bonds is 7. The van der Waals surface area contributed by atoms with Gasteiger partial charge in [0.15, 0.2) is 0 Å². The van der Waals surface area contributed by atoms with E-state index in [9.17, 15) is 9.59 Å². The molecule has 0 rings (SSSR count). The summed E-state index contributed by atoms with van der Waals surface area (Å²) >= 11 is 0. The van der Waals surface area contributed by atoms with E-state index in [0.29, 0.717) is 13.0 Å². The maximum atomic E-state index is 11.6. The van der Waals surface area contributed by atoms with Gasteiger partial charge >= 0.3 is 5.97 Å². The fraction of sp³-hybridized carbons (Fsp3) is 0.800. The van der Waals surface area contributed by atoms with Crippen LogP contribution in [-0.2, 0) is 14.3 Å². The lowest BCUT2D eigenvalue weighted by atomic mass is 10.2. The van der Waals surface area contributed by atoms with Crippen LogP contribution in [0.25, 0.3) is 0 Å². The van der Waals surface area contributed by atoms with Crippen LogP contribution < -0.4 is 0 Å². The smallest absolute Gasteiger partial charge is 0.305 e. The van der Waals surface area contributed by atoms with Crippen LogP contribution in [0.4, 0.5) is 0 Å². The molecule has 0 saturated carbocycles. The first-order valence-electron chi connectivity index (χ1n) is 5.03. The van der Waals surface area contributed by atoms with E-state index < -0.39 is 5.97 Å². The van der Waals surface area contributed by atoms with Gasteiger partial charge in [0.25, 0.3) is 0 Å². The molecule has 0 aromatic carbocycles. The third kappa shape index (κ3) is 6.06. The first kappa shape index (κ1) is 13.9. The summed E-state index contributed by atoms with van der Waals surface area (Å²) in [5.74, 6) is -0.950. The zero-order valence-corrected chi connectivity index (χ0v) is 9.52. The minimum Gasteiger partial charge on any atom is -0.481 e. The van der Waals surface area contributed by atoms with Crippen LogP contribution in [0.3, 0.4) is 0 Å². The van der Waals surface area contributed by atoms with Crippen molar-refractivity contribution in [2.24, 2.45) is 0 Å². The molecule has 0 spiro atoms. The van der Waals surface area contributed by atoms with Gasteiger partial charge in [-0.05, 0) is 13.8 Å². The van der Waals surface area contributed by atoms with Gasteiger partial charge in [0, 0.05) is 20.2 Å². The van der Waals surface area contributed by atoms with Crippen LogP contribution in [0.2, 0.25) is 0 Å². The van der Waals surface area contributed by atoms with Gasteiger partial charge in [-0.15, -0.1) is 0 Å². The fourth-order valence-electron chi connectivity index (χ4n) is 1.15. The molecule has 88 valence electrons. The molecule has 5 heteroatoms. The third-order valence-corrected chi connectivity index (χ3v) is 2.19. The highest BCUT2D eigenvalue weighted by atomic mass is 16.5. The predicted octanol–water partition coefficient (Wildman–Crippen LogP) is 0.735. The van der Waals surface area contributed by atoms with Crippen molar-refractivity contribution < 1.29 is 19.4 Å². The van der Waals surface area contributed by atoms with Crippen molar-refractivity contribution >= 4 is 11.9 Å². The van der Waals surface area contributed by atoms with E-state index in [2.05, 4.69) is 0 Å². The number of nitrogens with zero attached hydrogens (tertiary/aromatic N) is 1. The van der Waals surface area contributed by atoms with E-state index in [1.807, 2.05) is 13.8 Å². The minimum atomic E-state index is -0.888. The van der Waals surface area contributed by atoms with Crippen LogP contribution in [-0.4, -0.2) is 48.2 Å². The number of carboxylic acid groups (broad SMARTS) is 1. The van der Waals surface area contributed by atoms with Crippen molar-refractivity contribution in [1.29, 1.82) is 0 Å². The van der Waals surface area contributed by atoms with E-state index in [0.717, 1.165) is 0 Å². The summed E-state index contributed by atoms with van der Waals surface area (Å²) in [7, 11) is 1.55. The standard InChI is InChI=1S/C10H19NO4/c1-4-11(6-5-10(13)14)9(12)7-8(2)15-3/h8H,4-7H2,1-3H3,(H,13,14). The van der Waals surface area contributed by atoms with Gasteiger partial charge in [-0.2, -0.15) is 0 Å². The summed E-state index contributed by atoms with van der Waals surface area (Å²) in [6, 6.07) is 0. The van der Waals surface area contributed by atoms with E-state index in [1.165, 1.54) is 4.90 Å². The van der Waals surface area contributed by atoms with Crippen LogP contribution >= 0.6 is 0 Å². The van der Waals surface area contributed by atoms with Gasteiger partial charge in [0.2, 0.25) is 5.91 Å². The molecule has 1 amide bonds. The van der Waals surface area contributed by atoms with Crippen molar-refractivity contribution in [3.05, 3.63) is 0 Å². The monoisotopic (exact) mass is 217 g/mol. The second kappa shape index (κ2) is 7.23. The Bertz CT molecular complexity index is 217. The molecule has 0 aromatic heterocycles. The second-order valence-corrected chi connectivity index (χ2v) is 3.37. The Hall–Kier alpha value is -1.10. The number of hydrogen-bond acceptors (Lipinski definition) is 3. The molecule has 1 unspecified atom stereocenters. The Morgan fingerprint density at radius 2 is 2.07 bits per heavy atom. The highest BCUT2D eigenvalue weighted by Crippen LogP contribution is 2.02. The van der Waals surface area contributed by atoms with Crippen LogP contribution in [0.1, 0.15) is 26.7 Å². The van der Waals surface area contributed by atoms with Gasteiger partial charge in [-0.3, -0.25) is 9.59 Å². The molecule has 0 radical (unpaired) electrons. The summed E-state index contributed by atoms with van der Waals surface area (Å²) in [5.41, 5.74) is 0. The Morgan fingerprint density at radius 3 is 2.47 bits per heavy atom. The van der Waals surface area contributed by atoms with Crippen molar-refractivity contribution in [2.45, 2.75) is 32.8 Å². The van der Waals surface area contributed by atoms with E-state index in [4.69, 9.17) is 9.84 Å². The van der Waals surface area contributed by atoms with Gasteiger partial charge in [-0.1, -0.05) is 0 Å². The van der Waals surface area contributed by atoms with E-state index in [-0.39, 0.29) is 25.0 Å². The lowest BCUT2D eigenvalue weighted by Crippen LogP contribution is -2.34. The predicted molar refractivity (Wildman–Crippen MR) is 55.6 cm³/mol. The fourth-order valence-corrected chi connectivity index (χ4v) is 1.15. The zero-order chi connectivity index (χ0) is 11.8. The largest absolute Gasteiger partial charge is 0.481 e. The molecule has 1 atom stereocenters. The number of carbonyl (C=O) groups excluding carboxylic acids is 1. The normalized spacial score (nSPS) is 12.2. The Labute approximate surface area is 90.0 Å². The van der Waals surface area contributed by atoms with Crippen LogP contribution in [0.5, 0.6) is 0 Å². The Balaban J connectivity index is 4.04. The average molecular weight is 217 g/mol. The second-order valence-electron chi connectivity index (χ2n) is 3.37. The van der Waals surface area contributed by atoms with Crippen molar-refractivity contribution in [1.82, 2.24) is 4.90 Å². The summed E-state index contributed by atoms with van der Waals surface area (Å²) in [6.45, 7) is 4.43. The summed E-state index contributed by atoms with van der Waals surface area (Å²) in [5, 5.41) is 8.51. The van der Waals surface area contributed by atoms with Gasteiger partial charge in [0.1, 0.15) is 0 Å². The number of ether oxygens (including phenoxy) is 1. The van der Waals surface area contributed by atoms with Gasteiger partial charge < -0.3 is 14.7 Å². The quantitative estimate of drug-likeness (QED) is 0.682. The maximum Gasteiger partial charge on any atom is 0.305 e. The number of carbonyl (C=O) groups is 2. The highest BCUT2D eigenvalue weighted by molar-refractivity contribution is 5.77. The minimum absolute atomic E-state index is 0.0130. The molecule has 0 heterocycles. The van der Waals surface area contributed by atoms with E-state index in [1.54, 1.807) is 7.11 Å². The molecule has 5 nitrogen and oxygen atoms in total. The zero-order valence-electron chi connectivity index (χ0n) is 9.52. The summed E-state index contributed by atoms with van der Waals surface area (Å²) < 4.78 is 4.98. The number of hydrogen-bond donors (Lipinski definition) is 1.